The Kier molecular flexibility index (Phi) is 6.95. The molecule has 102 valence electrons. The topological polar surface area (TPSA) is 0 Å². The average molecular weight is 254 g/mol. The highest BCUT2D eigenvalue weighted by Crippen LogP contribution is 2.04. The molecule has 0 spiro atoms. The Bertz CT molecular complexity index is 425. The highest BCUT2D eigenvalue weighted by Gasteiger charge is 1.88. The van der Waals surface area contributed by atoms with E-state index in [1.807, 2.05) is 0 Å². The zero-order valence-corrected chi connectivity index (χ0v) is 12.7. The van der Waals surface area contributed by atoms with Gasteiger partial charge < -0.3 is 0 Å². The maximum absolute atomic E-state index is 2.21. The van der Waals surface area contributed by atoms with Gasteiger partial charge in [-0.3, -0.25) is 0 Å². The molecular formula is C19H26. The van der Waals surface area contributed by atoms with Crippen LogP contribution in [0.3, 0.4) is 0 Å². The summed E-state index contributed by atoms with van der Waals surface area (Å²) in [6.07, 6.45) is 3.42. The lowest BCUT2D eigenvalue weighted by Gasteiger charge is -1.97. The summed E-state index contributed by atoms with van der Waals surface area (Å²) < 4.78 is 0. The predicted molar refractivity (Wildman–Crippen MR) is 85.8 cm³/mol. The maximum atomic E-state index is 2.21. The minimum atomic E-state index is 1.14. The second kappa shape index (κ2) is 8.53. The molecule has 0 fully saturated rings. The van der Waals surface area contributed by atoms with Crippen molar-refractivity contribution in [1.82, 2.24) is 0 Å². The zero-order chi connectivity index (χ0) is 14.1. The van der Waals surface area contributed by atoms with Gasteiger partial charge in [0.15, 0.2) is 0 Å². The van der Waals surface area contributed by atoms with Crippen molar-refractivity contribution in [3.05, 3.63) is 70.8 Å². The average Bonchev–Trinajstić information content (AvgIpc) is 2.49. The Hall–Kier alpha value is -1.56. The minimum absolute atomic E-state index is 1.14. The molecule has 0 amide bonds. The van der Waals surface area contributed by atoms with E-state index in [0.717, 1.165) is 19.3 Å². The summed E-state index contributed by atoms with van der Waals surface area (Å²) in [6, 6.07) is 17.5. The predicted octanol–water partition coefficient (Wildman–Crippen LogP) is 5.37. The molecule has 0 aliphatic rings. The Labute approximate surface area is 118 Å². The standard InChI is InChI=1S/C10H14.C9H12/c1-3-9-5-7-10(4-2)8-6-9;1-3-9-6-4-8(2)5-7-9/h5-8H,3-4H2,1-2H3;4-7H,3H2,1-2H3. The summed E-state index contributed by atoms with van der Waals surface area (Å²) in [5, 5.41) is 0. The van der Waals surface area contributed by atoms with Crippen molar-refractivity contribution < 1.29 is 0 Å². The van der Waals surface area contributed by atoms with E-state index in [9.17, 15) is 0 Å². The van der Waals surface area contributed by atoms with Gasteiger partial charge in [0.05, 0.1) is 0 Å². The zero-order valence-electron chi connectivity index (χ0n) is 12.7. The van der Waals surface area contributed by atoms with Crippen LogP contribution in [-0.4, -0.2) is 0 Å². The summed E-state index contributed by atoms with van der Waals surface area (Å²) in [6.45, 7) is 8.64. The number of rotatable bonds is 3. The van der Waals surface area contributed by atoms with Gasteiger partial charge in [0.1, 0.15) is 0 Å². The quantitative estimate of drug-likeness (QED) is 0.691. The van der Waals surface area contributed by atoms with Crippen LogP contribution in [0.25, 0.3) is 0 Å². The van der Waals surface area contributed by atoms with Crippen molar-refractivity contribution in [2.75, 3.05) is 0 Å². The molecule has 0 nitrogen and oxygen atoms in total. The first-order chi connectivity index (χ1) is 9.19. The van der Waals surface area contributed by atoms with Crippen LogP contribution in [0.5, 0.6) is 0 Å². The van der Waals surface area contributed by atoms with Crippen LogP contribution in [0, 0.1) is 6.92 Å². The summed E-state index contributed by atoms with van der Waals surface area (Å²) >= 11 is 0. The Morgan fingerprint density at radius 1 is 0.526 bits per heavy atom. The van der Waals surface area contributed by atoms with Gasteiger partial charge in [-0.1, -0.05) is 74.9 Å². The van der Waals surface area contributed by atoms with E-state index in [-0.39, 0.29) is 0 Å². The molecule has 0 aromatic heterocycles. The van der Waals surface area contributed by atoms with Crippen LogP contribution < -0.4 is 0 Å². The van der Waals surface area contributed by atoms with E-state index < -0.39 is 0 Å². The third kappa shape index (κ3) is 5.74. The van der Waals surface area contributed by atoms with Crippen LogP contribution in [0.15, 0.2) is 48.5 Å². The summed E-state index contributed by atoms with van der Waals surface area (Å²) in [5.41, 5.74) is 5.61. The van der Waals surface area contributed by atoms with E-state index in [4.69, 9.17) is 0 Å². The molecule has 2 aromatic rings. The lowest BCUT2D eigenvalue weighted by Crippen LogP contribution is -1.81. The van der Waals surface area contributed by atoms with Gasteiger partial charge in [-0.15, -0.1) is 0 Å². The fourth-order valence-electron chi connectivity index (χ4n) is 1.83. The van der Waals surface area contributed by atoms with Gasteiger partial charge in [0.2, 0.25) is 0 Å². The van der Waals surface area contributed by atoms with Gasteiger partial charge in [0, 0.05) is 0 Å². The largest absolute Gasteiger partial charge is 0.0613 e. The Morgan fingerprint density at radius 2 is 0.789 bits per heavy atom. The Balaban J connectivity index is 0.000000191. The van der Waals surface area contributed by atoms with Crippen LogP contribution in [0.2, 0.25) is 0 Å². The second-order valence-corrected chi connectivity index (χ2v) is 4.86. The smallest absolute Gasteiger partial charge is 0.0307 e. The van der Waals surface area contributed by atoms with Gasteiger partial charge in [-0.05, 0) is 42.9 Å². The van der Waals surface area contributed by atoms with Crippen LogP contribution in [0.1, 0.15) is 43.0 Å². The molecule has 0 heteroatoms. The molecule has 0 heterocycles. The number of hydrogen-bond donors (Lipinski definition) is 0. The first-order valence-electron chi connectivity index (χ1n) is 7.32. The van der Waals surface area contributed by atoms with E-state index >= 15 is 0 Å². The van der Waals surface area contributed by atoms with Crippen molar-refractivity contribution >= 4 is 0 Å². The fraction of sp³-hybridized carbons (Fsp3) is 0.368. The monoisotopic (exact) mass is 254 g/mol. The summed E-state index contributed by atoms with van der Waals surface area (Å²) in [4.78, 5) is 0. The lowest BCUT2D eigenvalue weighted by molar-refractivity contribution is 1.10. The highest BCUT2D eigenvalue weighted by molar-refractivity contribution is 5.22. The molecular weight excluding hydrogens is 228 g/mol. The molecule has 0 atom stereocenters. The van der Waals surface area contributed by atoms with Gasteiger partial charge in [-0.25, -0.2) is 0 Å². The van der Waals surface area contributed by atoms with E-state index in [1.54, 1.807) is 0 Å². The lowest BCUT2D eigenvalue weighted by atomic mass is 10.1. The number of hydrogen-bond acceptors (Lipinski definition) is 0. The molecule has 0 saturated carbocycles. The van der Waals surface area contributed by atoms with Crippen molar-refractivity contribution in [2.45, 2.75) is 47.0 Å². The second-order valence-electron chi connectivity index (χ2n) is 4.86. The Morgan fingerprint density at radius 3 is 1.05 bits per heavy atom. The normalized spacial score (nSPS) is 9.68. The van der Waals surface area contributed by atoms with E-state index in [2.05, 4.69) is 76.2 Å². The van der Waals surface area contributed by atoms with Crippen molar-refractivity contribution in [3.8, 4) is 0 Å². The fourth-order valence-corrected chi connectivity index (χ4v) is 1.83. The van der Waals surface area contributed by atoms with Crippen molar-refractivity contribution in [2.24, 2.45) is 0 Å². The van der Waals surface area contributed by atoms with Crippen molar-refractivity contribution in [3.63, 3.8) is 0 Å². The molecule has 2 rings (SSSR count). The minimum Gasteiger partial charge on any atom is -0.0613 e. The van der Waals surface area contributed by atoms with Crippen LogP contribution in [-0.2, 0) is 19.3 Å². The third-order valence-corrected chi connectivity index (χ3v) is 3.37. The SMILES string of the molecule is CCc1ccc(C)cc1.CCc1ccc(CC)cc1. The highest BCUT2D eigenvalue weighted by atomic mass is 13.9. The molecule has 2 aromatic carbocycles. The first kappa shape index (κ1) is 15.5. The number of aryl methyl sites for hydroxylation is 4. The number of benzene rings is 2. The van der Waals surface area contributed by atoms with E-state index in [0.29, 0.717) is 0 Å². The van der Waals surface area contributed by atoms with Gasteiger partial charge in [-0.2, -0.15) is 0 Å². The third-order valence-electron chi connectivity index (χ3n) is 3.37. The maximum Gasteiger partial charge on any atom is -0.0307 e. The molecule has 0 N–H and O–H groups in total. The molecule has 0 bridgehead atoms. The first-order valence-corrected chi connectivity index (χ1v) is 7.32. The van der Waals surface area contributed by atoms with Gasteiger partial charge >= 0.3 is 0 Å². The summed E-state index contributed by atoms with van der Waals surface area (Å²) in [5.74, 6) is 0. The van der Waals surface area contributed by atoms with Gasteiger partial charge in [0.25, 0.3) is 0 Å². The molecule has 0 aliphatic heterocycles. The van der Waals surface area contributed by atoms with Crippen LogP contribution >= 0.6 is 0 Å². The van der Waals surface area contributed by atoms with Crippen LogP contribution in [0.4, 0.5) is 0 Å². The summed E-state index contributed by atoms with van der Waals surface area (Å²) in [7, 11) is 0. The molecule has 0 unspecified atom stereocenters. The molecule has 0 aliphatic carbocycles. The molecule has 0 saturated heterocycles. The molecule has 19 heavy (non-hydrogen) atoms. The molecule has 0 radical (unpaired) electrons. The van der Waals surface area contributed by atoms with E-state index in [1.165, 1.54) is 22.3 Å². The van der Waals surface area contributed by atoms with Crippen molar-refractivity contribution in [1.29, 1.82) is 0 Å².